The molecule has 0 bridgehead atoms. The number of hydrogen-bond acceptors (Lipinski definition) is 4. The first-order valence-electron chi connectivity index (χ1n) is 6.27. The van der Waals surface area contributed by atoms with E-state index in [2.05, 4.69) is 11.4 Å². The molecule has 0 radical (unpaired) electrons. The molecule has 1 N–H and O–H groups in total. The van der Waals surface area contributed by atoms with Crippen LogP contribution in [0.15, 0.2) is 24.3 Å². The Morgan fingerprint density at radius 2 is 1.89 bits per heavy atom. The molecule has 4 heteroatoms. The van der Waals surface area contributed by atoms with E-state index in [-0.39, 0.29) is 0 Å². The third-order valence-corrected chi connectivity index (χ3v) is 2.57. The second-order valence-electron chi connectivity index (χ2n) is 3.95. The van der Waals surface area contributed by atoms with Gasteiger partial charge in [0.1, 0.15) is 5.75 Å². The van der Waals surface area contributed by atoms with Crippen LogP contribution >= 0.6 is 0 Å². The zero-order chi connectivity index (χ0) is 13.1. The lowest BCUT2D eigenvalue weighted by Crippen LogP contribution is -2.20. The first kappa shape index (κ1) is 15.0. The standard InChI is InChI=1S/C14H23NO3/c1-16-9-5-10-18-11-8-15-12-13-6-3-4-7-14(13)17-2/h3-4,6-7,15H,5,8-12H2,1-2H3. The first-order valence-corrected chi connectivity index (χ1v) is 6.27. The minimum absolute atomic E-state index is 0.721. The van der Waals surface area contributed by atoms with Crippen LogP contribution in [0.4, 0.5) is 0 Å². The normalized spacial score (nSPS) is 10.6. The number of hydrogen-bond donors (Lipinski definition) is 1. The van der Waals surface area contributed by atoms with Gasteiger partial charge in [0.2, 0.25) is 0 Å². The summed E-state index contributed by atoms with van der Waals surface area (Å²) in [4.78, 5) is 0. The lowest BCUT2D eigenvalue weighted by atomic mass is 10.2. The summed E-state index contributed by atoms with van der Waals surface area (Å²) in [6, 6.07) is 8.02. The molecular weight excluding hydrogens is 230 g/mol. The van der Waals surface area contributed by atoms with E-state index < -0.39 is 0 Å². The lowest BCUT2D eigenvalue weighted by Gasteiger charge is -2.09. The van der Waals surface area contributed by atoms with Crippen LogP contribution in [-0.2, 0) is 16.0 Å². The van der Waals surface area contributed by atoms with Gasteiger partial charge >= 0.3 is 0 Å². The van der Waals surface area contributed by atoms with Crippen molar-refractivity contribution in [2.24, 2.45) is 0 Å². The Hall–Kier alpha value is -1.10. The molecule has 0 aliphatic heterocycles. The van der Waals surface area contributed by atoms with E-state index in [1.165, 1.54) is 5.56 Å². The summed E-state index contributed by atoms with van der Waals surface area (Å²) in [5.41, 5.74) is 1.17. The van der Waals surface area contributed by atoms with Crippen molar-refractivity contribution in [3.8, 4) is 5.75 Å². The van der Waals surface area contributed by atoms with E-state index in [4.69, 9.17) is 14.2 Å². The van der Waals surface area contributed by atoms with Gasteiger partial charge in [0.15, 0.2) is 0 Å². The summed E-state index contributed by atoms with van der Waals surface area (Å²) < 4.78 is 15.7. The SMILES string of the molecule is COCCCOCCNCc1ccccc1OC. The molecule has 0 aromatic heterocycles. The predicted octanol–water partition coefficient (Wildman–Crippen LogP) is 1.84. The number of benzene rings is 1. The van der Waals surface area contributed by atoms with Gasteiger partial charge in [-0.25, -0.2) is 0 Å². The second kappa shape index (κ2) is 9.88. The third kappa shape index (κ3) is 6.00. The van der Waals surface area contributed by atoms with Gasteiger partial charge in [-0.2, -0.15) is 0 Å². The monoisotopic (exact) mass is 253 g/mol. The number of nitrogens with one attached hydrogen (secondary N) is 1. The van der Waals surface area contributed by atoms with Crippen molar-refractivity contribution in [2.75, 3.05) is 40.6 Å². The molecule has 1 aromatic rings. The van der Waals surface area contributed by atoms with Crippen molar-refractivity contribution < 1.29 is 14.2 Å². The van der Waals surface area contributed by atoms with Crippen molar-refractivity contribution >= 4 is 0 Å². The maximum atomic E-state index is 5.46. The topological polar surface area (TPSA) is 39.7 Å². The van der Waals surface area contributed by atoms with E-state index in [1.807, 2.05) is 18.2 Å². The van der Waals surface area contributed by atoms with Gasteiger partial charge in [-0.1, -0.05) is 18.2 Å². The molecule has 0 aliphatic rings. The summed E-state index contributed by atoms with van der Waals surface area (Å²) in [6.45, 7) is 3.87. The fourth-order valence-electron chi connectivity index (χ4n) is 1.62. The van der Waals surface area contributed by atoms with Crippen LogP contribution in [0.3, 0.4) is 0 Å². The minimum Gasteiger partial charge on any atom is -0.496 e. The number of ether oxygens (including phenoxy) is 3. The van der Waals surface area contributed by atoms with Crippen molar-refractivity contribution in [2.45, 2.75) is 13.0 Å². The maximum Gasteiger partial charge on any atom is 0.123 e. The van der Waals surface area contributed by atoms with Crippen molar-refractivity contribution in [1.82, 2.24) is 5.32 Å². The van der Waals surface area contributed by atoms with Crippen LogP contribution in [0.5, 0.6) is 5.75 Å². The third-order valence-electron chi connectivity index (χ3n) is 2.57. The van der Waals surface area contributed by atoms with Crippen LogP contribution in [0.25, 0.3) is 0 Å². The average molecular weight is 253 g/mol. The van der Waals surface area contributed by atoms with Crippen LogP contribution in [-0.4, -0.2) is 40.6 Å². The fourth-order valence-corrected chi connectivity index (χ4v) is 1.62. The van der Waals surface area contributed by atoms with Gasteiger partial charge in [-0.05, 0) is 12.5 Å². The smallest absolute Gasteiger partial charge is 0.123 e. The van der Waals surface area contributed by atoms with Crippen LogP contribution in [0.2, 0.25) is 0 Å². The molecule has 0 atom stereocenters. The van der Waals surface area contributed by atoms with Gasteiger partial charge in [-0.15, -0.1) is 0 Å². The van der Waals surface area contributed by atoms with E-state index in [1.54, 1.807) is 14.2 Å². The molecule has 18 heavy (non-hydrogen) atoms. The van der Waals surface area contributed by atoms with E-state index >= 15 is 0 Å². The molecule has 1 rings (SSSR count). The van der Waals surface area contributed by atoms with Gasteiger partial charge in [-0.3, -0.25) is 0 Å². The van der Waals surface area contributed by atoms with Gasteiger partial charge in [0, 0.05) is 39.0 Å². The Balaban J connectivity index is 2.07. The Morgan fingerprint density at radius 3 is 2.67 bits per heavy atom. The molecule has 4 nitrogen and oxygen atoms in total. The Kier molecular flexibility index (Phi) is 8.21. The van der Waals surface area contributed by atoms with Gasteiger partial charge in [0.25, 0.3) is 0 Å². The van der Waals surface area contributed by atoms with Crippen LogP contribution < -0.4 is 10.1 Å². The molecule has 0 fully saturated rings. The molecule has 0 unspecified atom stereocenters. The quantitative estimate of drug-likeness (QED) is 0.646. The van der Waals surface area contributed by atoms with Crippen molar-refractivity contribution in [1.29, 1.82) is 0 Å². The molecule has 1 aromatic carbocycles. The van der Waals surface area contributed by atoms with Gasteiger partial charge in [0.05, 0.1) is 13.7 Å². The van der Waals surface area contributed by atoms with Crippen LogP contribution in [0.1, 0.15) is 12.0 Å². The highest BCUT2D eigenvalue weighted by Gasteiger charge is 2.00. The second-order valence-corrected chi connectivity index (χ2v) is 3.95. The lowest BCUT2D eigenvalue weighted by molar-refractivity contribution is 0.104. The van der Waals surface area contributed by atoms with Crippen molar-refractivity contribution in [3.63, 3.8) is 0 Å². The highest BCUT2D eigenvalue weighted by molar-refractivity contribution is 5.32. The molecule has 0 spiro atoms. The fraction of sp³-hybridized carbons (Fsp3) is 0.571. The Labute approximate surface area is 109 Å². The van der Waals surface area contributed by atoms with E-state index in [0.29, 0.717) is 0 Å². The number of methoxy groups -OCH3 is 2. The Morgan fingerprint density at radius 1 is 1.06 bits per heavy atom. The molecule has 0 heterocycles. The summed E-state index contributed by atoms with van der Waals surface area (Å²) in [6.07, 6.45) is 0.947. The highest BCUT2D eigenvalue weighted by atomic mass is 16.5. The number of para-hydroxylation sites is 1. The zero-order valence-electron chi connectivity index (χ0n) is 11.3. The molecule has 0 aliphatic carbocycles. The van der Waals surface area contributed by atoms with E-state index in [9.17, 15) is 0 Å². The summed E-state index contributed by atoms with van der Waals surface area (Å²) >= 11 is 0. The molecular formula is C14H23NO3. The first-order chi connectivity index (χ1) is 8.88. The largest absolute Gasteiger partial charge is 0.496 e. The average Bonchev–Trinajstić information content (AvgIpc) is 2.42. The molecule has 0 saturated heterocycles. The van der Waals surface area contributed by atoms with Gasteiger partial charge < -0.3 is 19.5 Å². The highest BCUT2D eigenvalue weighted by Crippen LogP contribution is 2.16. The summed E-state index contributed by atoms with van der Waals surface area (Å²) in [7, 11) is 3.40. The minimum atomic E-state index is 0.721. The summed E-state index contributed by atoms with van der Waals surface area (Å²) in [5.74, 6) is 0.922. The predicted molar refractivity (Wildman–Crippen MR) is 72.0 cm³/mol. The zero-order valence-corrected chi connectivity index (χ0v) is 11.3. The Bertz CT molecular complexity index is 318. The molecule has 0 amide bonds. The summed E-state index contributed by atoms with van der Waals surface area (Å²) in [5, 5.41) is 3.33. The molecule has 0 saturated carbocycles. The maximum absolute atomic E-state index is 5.46. The van der Waals surface area contributed by atoms with Crippen LogP contribution in [0, 0.1) is 0 Å². The van der Waals surface area contributed by atoms with E-state index in [0.717, 1.165) is 45.1 Å². The number of rotatable bonds is 10. The molecule has 102 valence electrons. The van der Waals surface area contributed by atoms with Crippen molar-refractivity contribution in [3.05, 3.63) is 29.8 Å².